The van der Waals surface area contributed by atoms with Crippen molar-refractivity contribution in [3.8, 4) is 0 Å². The second-order valence-corrected chi connectivity index (χ2v) is 8.15. The second-order valence-electron chi connectivity index (χ2n) is 7.37. The summed E-state index contributed by atoms with van der Waals surface area (Å²) in [7, 11) is 0. The third kappa shape index (κ3) is 4.56. The number of rotatable bonds is 3. The number of carboxylic acids is 1. The molecule has 9 heteroatoms. The molecule has 0 aromatic carbocycles. The number of alkyl halides is 3. The molecule has 3 heterocycles. The van der Waals surface area contributed by atoms with Crippen molar-refractivity contribution in [3.05, 3.63) is 16.8 Å². The molecule has 1 aromatic heterocycles. The number of thiophene rings is 1. The van der Waals surface area contributed by atoms with Gasteiger partial charge in [-0.3, -0.25) is 4.79 Å². The number of carboxylic acid groups (broad SMARTS) is 1. The van der Waals surface area contributed by atoms with Crippen molar-refractivity contribution >= 4 is 28.9 Å². The summed E-state index contributed by atoms with van der Waals surface area (Å²) in [4.78, 5) is 25.8. The predicted octanol–water partition coefficient (Wildman–Crippen LogP) is 3.22. The summed E-state index contributed by atoms with van der Waals surface area (Å²) in [5.74, 6) is -1.47. The van der Waals surface area contributed by atoms with E-state index in [4.69, 9.17) is 9.90 Å². The maximum Gasteiger partial charge on any atom is 0.490 e. The molecule has 4 rings (SSSR count). The van der Waals surface area contributed by atoms with Crippen molar-refractivity contribution in [1.82, 2.24) is 4.90 Å². The van der Waals surface area contributed by atoms with Crippen LogP contribution in [-0.2, 0) is 9.59 Å². The van der Waals surface area contributed by atoms with E-state index < -0.39 is 12.1 Å². The van der Waals surface area contributed by atoms with Gasteiger partial charge in [0.2, 0.25) is 5.91 Å². The quantitative estimate of drug-likeness (QED) is 0.861. The summed E-state index contributed by atoms with van der Waals surface area (Å²) < 4.78 is 31.7. The van der Waals surface area contributed by atoms with E-state index in [1.54, 1.807) is 11.3 Å². The number of likely N-dealkylation sites (tertiary alicyclic amines) is 1. The Labute approximate surface area is 153 Å². The Morgan fingerprint density at radius 2 is 2.04 bits per heavy atom. The zero-order valence-corrected chi connectivity index (χ0v) is 15.0. The molecular weight excluding hydrogens is 369 g/mol. The molecule has 3 aliphatic rings. The molecule has 1 amide bonds. The topological polar surface area (TPSA) is 60.9 Å². The first-order valence-corrected chi connectivity index (χ1v) is 9.48. The van der Waals surface area contributed by atoms with Gasteiger partial charge in [-0.25, -0.2) is 4.79 Å². The predicted molar refractivity (Wildman–Crippen MR) is 91.2 cm³/mol. The number of hydrogen-bond donors (Lipinski definition) is 1. The molecule has 26 heavy (non-hydrogen) atoms. The summed E-state index contributed by atoms with van der Waals surface area (Å²) in [6.45, 7) is 4.54. The number of anilines is 1. The number of carbonyl (C=O) groups is 2. The number of nitrogens with zero attached hydrogens (tertiary/aromatic N) is 2. The van der Waals surface area contributed by atoms with Gasteiger partial charge in [0.25, 0.3) is 0 Å². The molecule has 1 spiro atoms. The third-order valence-electron chi connectivity index (χ3n) is 5.11. The van der Waals surface area contributed by atoms with Crippen LogP contribution >= 0.6 is 11.3 Å². The van der Waals surface area contributed by atoms with E-state index in [0.717, 1.165) is 31.1 Å². The van der Waals surface area contributed by atoms with E-state index in [2.05, 4.69) is 21.7 Å². The molecule has 5 nitrogen and oxygen atoms in total. The van der Waals surface area contributed by atoms with Gasteiger partial charge < -0.3 is 14.9 Å². The summed E-state index contributed by atoms with van der Waals surface area (Å²) in [6.07, 6.45) is -0.289. The minimum absolute atomic E-state index is 0.244. The number of hydrogen-bond acceptors (Lipinski definition) is 4. The third-order valence-corrected chi connectivity index (χ3v) is 5.78. The van der Waals surface area contributed by atoms with Crippen molar-refractivity contribution in [1.29, 1.82) is 0 Å². The maximum absolute atomic E-state index is 12.3. The largest absolute Gasteiger partial charge is 0.490 e. The number of halogens is 3. The molecule has 1 N–H and O–H groups in total. The lowest BCUT2D eigenvalue weighted by Gasteiger charge is -2.23. The number of amides is 1. The number of carbonyl (C=O) groups excluding carboxylic acids is 1. The van der Waals surface area contributed by atoms with Gasteiger partial charge in [0.15, 0.2) is 0 Å². The fraction of sp³-hybridized carbons (Fsp3) is 0.647. The lowest BCUT2D eigenvalue weighted by atomic mass is 9.86. The van der Waals surface area contributed by atoms with E-state index in [9.17, 15) is 18.0 Å². The van der Waals surface area contributed by atoms with Crippen LogP contribution in [0.15, 0.2) is 16.8 Å². The minimum atomic E-state index is -5.08. The average molecular weight is 390 g/mol. The fourth-order valence-electron chi connectivity index (χ4n) is 3.66. The smallest absolute Gasteiger partial charge is 0.475 e. The van der Waals surface area contributed by atoms with Crippen molar-refractivity contribution < 1.29 is 27.9 Å². The first-order chi connectivity index (χ1) is 12.2. The van der Waals surface area contributed by atoms with Crippen molar-refractivity contribution in [3.63, 3.8) is 0 Å². The zero-order valence-electron chi connectivity index (χ0n) is 14.2. The van der Waals surface area contributed by atoms with Crippen LogP contribution in [0.2, 0.25) is 0 Å². The molecule has 0 bridgehead atoms. The minimum Gasteiger partial charge on any atom is -0.475 e. The van der Waals surface area contributed by atoms with Crippen molar-refractivity contribution in [2.24, 2.45) is 11.3 Å². The summed E-state index contributed by atoms with van der Waals surface area (Å²) in [5.41, 5.74) is 1.35. The van der Waals surface area contributed by atoms with Crippen LogP contribution in [0.4, 0.5) is 18.9 Å². The maximum atomic E-state index is 12.3. The monoisotopic (exact) mass is 390 g/mol. The van der Waals surface area contributed by atoms with Crippen LogP contribution < -0.4 is 4.90 Å². The molecular formula is C17H21F3N2O3S. The molecule has 3 fully saturated rings. The van der Waals surface area contributed by atoms with Crippen LogP contribution in [0.25, 0.3) is 0 Å². The highest BCUT2D eigenvalue weighted by molar-refractivity contribution is 7.08. The first-order valence-electron chi connectivity index (χ1n) is 8.54. The molecule has 1 unspecified atom stereocenters. The van der Waals surface area contributed by atoms with Crippen molar-refractivity contribution in [2.45, 2.75) is 31.9 Å². The highest BCUT2D eigenvalue weighted by atomic mass is 32.1. The Morgan fingerprint density at radius 3 is 2.58 bits per heavy atom. The molecule has 1 aromatic rings. The summed E-state index contributed by atoms with van der Waals surface area (Å²) >= 11 is 1.67. The van der Waals surface area contributed by atoms with E-state index in [1.807, 2.05) is 4.90 Å². The fourth-order valence-corrected chi connectivity index (χ4v) is 4.31. The standard InChI is InChI=1S/C15H20N2OS.C2HF3O2/c18-14-7-15(11-17(14)13-3-6-19-9-13)4-5-16(10-15)8-12-1-2-12;3-2(4,5)1(6)7/h3,6,9,12H,1-2,4-5,7-8,10-11H2;(H,6,7). The van der Waals surface area contributed by atoms with E-state index in [1.165, 1.54) is 32.4 Å². The second kappa shape index (κ2) is 7.19. The van der Waals surface area contributed by atoms with Crippen molar-refractivity contribution in [2.75, 3.05) is 31.1 Å². The molecule has 144 valence electrons. The van der Waals surface area contributed by atoms with Gasteiger partial charge in [0.1, 0.15) is 0 Å². The SMILES string of the molecule is O=C(O)C(F)(F)F.O=C1CC2(CCN(CC3CC3)C2)CN1c1ccsc1. The Bertz CT molecular complexity index is 661. The van der Waals surface area contributed by atoms with E-state index in [-0.39, 0.29) is 5.41 Å². The normalized spacial score (nSPS) is 26.3. The molecule has 2 saturated heterocycles. The van der Waals surface area contributed by atoms with Crippen LogP contribution in [-0.4, -0.2) is 54.2 Å². The molecule has 1 aliphatic carbocycles. The lowest BCUT2D eigenvalue weighted by Crippen LogP contribution is -2.31. The summed E-state index contributed by atoms with van der Waals surface area (Å²) in [6, 6.07) is 2.07. The Morgan fingerprint density at radius 1 is 1.35 bits per heavy atom. The highest BCUT2D eigenvalue weighted by Gasteiger charge is 2.48. The van der Waals surface area contributed by atoms with Crippen LogP contribution in [0, 0.1) is 11.3 Å². The van der Waals surface area contributed by atoms with Gasteiger partial charge in [0, 0.05) is 36.9 Å². The zero-order chi connectivity index (χ0) is 18.9. The van der Waals surface area contributed by atoms with Gasteiger partial charge in [-0.05, 0) is 43.2 Å². The van der Waals surface area contributed by atoms with Crippen LogP contribution in [0.3, 0.4) is 0 Å². The summed E-state index contributed by atoms with van der Waals surface area (Å²) in [5, 5.41) is 11.3. The average Bonchev–Trinajstić information content (AvgIpc) is 2.97. The van der Waals surface area contributed by atoms with E-state index >= 15 is 0 Å². The lowest BCUT2D eigenvalue weighted by molar-refractivity contribution is -0.192. The Kier molecular flexibility index (Phi) is 5.30. The van der Waals surface area contributed by atoms with Crippen LogP contribution in [0.1, 0.15) is 25.7 Å². The van der Waals surface area contributed by atoms with Gasteiger partial charge in [-0.2, -0.15) is 24.5 Å². The molecule has 1 atom stereocenters. The van der Waals surface area contributed by atoms with Gasteiger partial charge in [-0.15, -0.1) is 0 Å². The number of aliphatic carboxylic acids is 1. The molecule has 2 aliphatic heterocycles. The highest BCUT2D eigenvalue weighted by Crippen LogP contribution is 2.43. The molecule has 0 radical (unpaired) electrons. The van der Waals surface area contributed by atoms with Gasteiger partial charge in [-0.1, -0.05) is 0 Å². The Hall–Kier alpha value is -1.61. The first kappa shape index (κ1) is 19.2. The molecule has 1 saturated carbocycles. The van der Waals surface area contributed by atoms with Gasteiger partial charge >= 0.3 is 12.1 Å². The Balaban J connectivity index is 0.000000242. The van der Waals surface area contributed by atoms with E-state index in [0.29, 0.717) is 5.91 Å². The van der Waals surface area contributed by atoms with Crippen LogP contribution in [0.5, 0.6) is 0 Å². The van der Waals surface area contributed by atoms with Gasteiger partial charge in [0.05, 0.1) is 5.69 Å².